The average molecular weight is 219 g/mol. The molecule has 1 atom stereocenters. The Morgan fingerprint density at radius 1 is 1.50 bits per heavy atom. The first-order valence-corrected chi connectivity index (χ1v) is 5.18. The number of aromatic nitrogens is 1. The minimum absolute atomic E-state index is 0.513. The minimum atomic E-state index is -0.672. The minimum Gasteiger partial charge on any atom is -0.419 e. The summed E-state index contributed by atoms with van der Waals surface area (Å²) in [6.07, 6.45) is 3.44. The molecule has 1 aliphatic rings. The summed E-state index contributed by atoms with van der Waals surface area (Å²) in [7, 11) is 0. The number of carbonyl (C=O) groups is 1. The van der Waals surface area contributed by atoms with Crippen molar-refractivity contribution in [3.8, 4) is 0 Å². The summed E-state index contributed by atoms with van der Waals surface area (Å²) >= 11 is 0. The fourth-order valence-electron chi connectivity index (χ4n) is 1.48. The summed E-state index contributed by atoms with van der Waals surface area (Å²) in [5.74, 6) is 0.513. The standard InChI is InChI=1S/C12H13NO3/c1-3-12(2)10(15-11(14)16-12)8-9-6-4-5-7-13-9/h4-8H,3H2,1-2H3/b10-8-. The average Bonchev–Trinajstić information content (AvgIpc) is 2.56. The van der Waals surface area contributed by atoms with E-state index in [0.717, 1.165) is 5.69 Å². The molecule has 1 saturated heterocycles. The van der Waals surface area contributed by atoms with Gasteiger partial charge in [-0.3, -0.25) is 4.98 Å². The number of cyclic esters (lactones) is 2. The van der Waals surface area contributed by atoms with E-state index in [4.69, 9.17) is 9.47 Å². The van der Waals surface area contributed by atoms with E-state index in [-0.39, 0.29) is 0 Å². The van der Waals surface area contributed by atoms with Crippen LogP contribution in [0, 0.1) is 0 Å². The molecule has 0 N–H and O–H groups in total. The van der Waals surface area contributed by atoms with Crippen LogP contribution < -0.4 is 0 Å². The maximum Gasteiger partial charge on any atom is 0.514 e. The molecule has 1 unspecified atom stereocenters. The molecule has 0 spiro atoms. The zero-order valence-electron chi connectivity index (χ0n) is 9.27. The maximum absolute atomic E-state index is 11.1. The molecule has 0 amide bonds. The molecule has 1 aliphatic heterocycles. The van der Waals surface area contributed by atoms with Crippen molar-refractivity contribution in [2.45, 2.75) is 25.9 Å². The van der Waals surface area contributed by atoms with E-state index in [1.165, 1.54) is 0 Å². The lowest BCUT2D eigenvalue weighted by Crippen LogP contribution is -2.24. The summed E-state index contributed by atoms with van der Waals surface area (Å²) in [6, 6.07) is 5.55. The third-order valence-corrected chi connectivity index (χ3v) is 2.66. The topological polar surface area (TPSA) is 48.4 Å². The van der Waals surface area contributed by atoms with Crippen molar-refractivity contribution in [3.05, 3.63) is 35.8 Å². The first-order valence-electron chi connectivity index (χ1n) is 5.18. The van der Waals surface area contributed by atoms with Crippen LogP contribution in [0.15, 0.2) is 30.2 Å². The Morgan fingerprint density at radius 2 is 2.31 bits per heavy atom. The molecule has 0 aromatic carbocycles. The predicted molar refractivity (Wildman–Crippen MR) is 58.5 cm³/mol. The van der Waals surface area contributed by atoms with Gasteiger partial charge in [0.25, 0.3) is 0 Å². The smallest absolute Gasteiger partial charge is 0.419 e. The Labute approximate surface area is 93.9 Å². The third kappa shape index (κ3) is 1.91. The van der Waals surface area contributed by atoms with Crippen LogP contribution in [0.2, 0.25) is 0 Å². The Balaban J connectivity index is 2.33. The van der Waals surface area contributed by atoms with Crippen LogP contribution in [-0.2, 0) is 9.47 Å². The molecule has 16 heavy (non-hydrogen) atoms. The fraction of sp³-hybridized carbons (Fsp3) is 0.333. The molecule has 84 valence electrons. The van der Waals surface area contributed by atoms with Crippen molar-refractivity contribution in [1.29, 1.82) is 0 Å². The number of rotatable bonds is 2. The Kier molecular flexibility index (Phi) is 2.64. The van der Waals surface area contributed by atoms with Gasteiger partial charge in [-0.15, -0.1) is 0 Å². The number of pyridine rings is 1. The molecule has 0 saturated carbocycles. The van der Waals surface area contributed by atoms with Crippen LogP contribution >= 0.6 is 0 Å². The predicted octanol–water partition coefficient (Wildman–Crippen LogP) is 2.76. The highest BCUT2D eigenvalue weighted by atomic mass is 16.8. The highest BCUT2D eigenvalue weighted by Gasteiger charge is 2.41. The second kappa shape index (κ2) is 3.96. The molecule has 0 aliphatic carbocycles. The lowest BCUT2D eigenvalue weighted by atomic mass is 10.0. The van der Waals surface area contributed by atoms with E-state index in [2.05, 4.69) is 4.98 Å². The second-order valence-corrected chi connectivity index (χ2v) is 3.80. The van der Waals surface area contributed by atoms with Gasteiger partial charge in [0.1, 0.15) is 0 Å². The lowest BCUT2D eigenvalue weighted by Gasteiger charge is -2.18. The number of hydrogen-bond acceptors (Lipinski definition) is 4. The molecular formula is C12H13NO3. The highest BCUT2D eigenvalue weighted by molar-refractivity contribution is 5.69. The van der Waals surface area contributed by atoms with Gasteiger partial charge in [0.05, 0.1) is 5.69 Å². The van der Waals surface area contributed by atoms with Gasteiger partial charge in [-0.1, -0.05) is 13.0 Å². The largest absolute Gasteiger partial charge is 0.514 e. The number of carbonyl (C=O) groups excluding carboxylic acids is 1. The summed E-state index contributed by atoms with van der Waals surface area (Å²) in [5, 5.41) is 0. The van der Waals surface area contributed by atoms with E-state index >= 15 is 0 Å². The summed E-state index contributed by atoms with van der Waals surface area (Å²) in [4.78, 5) is 15.3. The van der Waals surface area contributed by atoms with E-state index in [1.54, 1.807) is 12.3 Å². The molecule has 1 aromatic heterocycles. The van der Waals surface area contributed by atoms with Gasteiger partial charge >= 0.3 is 6.16 Å². The molecule has 4 nitrogen and oxygen atoms in total. The van der Waals surface area contributed by atoms with Crippen LogP contribution in [0.1, 0.15) is 26.0 Å². The van der Waals surface area contributed by atoms with Crippen molar-refractivity contribution in [3.63, 3.8) is 0 Å². The van der Waals surface area contributed by atoms with Crippen LogP contribution in [0.4, 0.5) is 4.79 Å². The van der Waals surface area contributed by atoms with Crippen LogP contribution in [0.5, 0.6) is 0 Å². The quantitative estimate of drug-likeness (QED) is 0.717. The first-order chi connectivity index (χ1) is 7.64. The first kappa shape index (κ1) is 10.7. The highest BCUT2D eigenvalue weighted by Crippen LogP contribution is 2.34. The van der Waals surface area contributed by atoms with Crippen molar-refractivity contribution in [1.82, 2.24) is 4.98 Å². The number of ether oxygens (including phenoxy) is 2. The molecule has 2 rings (SSSR count). The van der Waals surface area contributed by atoms with Gasteiger partial charge in [0, 0.05) is 12.3 Å². The SMILES string of the molecule is CCC1(C)OC(=O)O/C1=C\c1ccccn1. The monoisotopic (exact) mass is 219 g/mol. The van der Waals surface area contributed by atoms with Crippen LogP contribution in [0.3, 0.4) is 0 Å². The molecule has 0 bridgehead atoms. The van der Waals surface area contributed by atoms with Gasteiger partial charge in [0.15, 0.2) is 11.4 Å². The van der Waals surface area contributed by atoms with Gasteiger partial charge in [0.2, 0.25) is 0 Å². The lowest BCUT2D eigenvalue weighted by molar-refractivity contribution is 0.0747. The molecule has 2 heterocycles. The number of hydrogen-bond donors (Lipinski definition) is 0. The molecular weight excluding hydrogens is 206 g/mol. The van der Waals surface area contributed by atoms with Gasteiger partial charge in [-0.25, -0.2) is 4.79 Å². The molecule has 0 radical (unpaired) electrons. The molecule has 4 heteroatoms. The Bertz CT molecular complexity index is 427. The molecule has 1 fully saturated rings. The van der Waals surface area contributed by atoms with Gasteiger partial charge in [-0.2, -0.15) is 0 Å². The Hall–Kier alpha value is -1.84. The second-order valence-electron chi connectivity index (χ2n) is 3.80. The van der Waals surface area contributed by atoms with E-state index in [1.807, 2.05) is 32.0 Å². The maximum atomic E-state index is 11.1. The summed E-state index contributed by atoms with van der Waals surface area (Å²) in [6.45, 7) is 3.76. The normalized spacial score (nSPS) is 26.6. The van der Waals surface area contributed by atoms with Crippen molar-refractivity contribution < 1.29 is 14.3 Å². The van der Waals surface area contributed by atoms with Crippen molar-refractivity contribution >= 4 is 12.2 Å². The van der Waals surface area contributed by atoms with Gasteiger partial charge < -0.3 is 9.47 Å². The van der Waals surface area contributed by atoms with Crippen LogP contribution in [0.25, 0.3) is 6.08 Å². The Morgan fingerprint density at radius 3 is 2.94 bits per heavy atom. The van der Waals surface area contributed by atoms with E-state index < -0.39 is 11.8 Å². The number of nitrogens with zero attached hydrogens (tertiary/aromatic N) is 1. The fourth-order valence-corrected chi connectivity index (χ4v) is 1.48. The van der Waals surface area contributed by atoms with Crippen LogP contribution in [-0.4, -0.2) is 16.7 Å². The van der Waals surface area contributed by atoms with Crippen molar-refractivity contribution in [2.75, 3.05) is 0 Å². The van der Waals surface area contributed by atoms with E-state index in [0.29, 0.717) is 12.2 Å². The van der Waals surface area contributed by atoms with Gasteiger partial charge in [-0.05, 0) is 25.5 Å². The molecule has 1 aromatic rings. The zero-order valence-corrected chi connectivity index (χ0v) is 9.27. The van der Waals surface area contributed by atoms with E-state index in [9.17, 15) is 4.79 Å². The zero-order chi connectivity index (χ0) is 11.6. The van der Waals surface area contributed by atoms with Crippen molar-refractivity contribution in [2.24, 2.45) is 0 Å². The summed E-state index contributed by atoms with van der Waals surface area (Å²) in [5.41, 5.74) is 0.0738. The summed E-state index contributed by atoms with van der Waals surface area (Å²) < 4.78 is 10.2. The third-order valence-electron chi connectivity index (χ3n) is 2.66.